The molecule has 1 fully saturated rings. The molecule has 2 aliphatic heterocycles. The maximum Gasteiger partial charge on any atom is 0.317 e. The van der Waals surface area contributed by atoms with Crippen LogP contribution in [0.5, 0.6) is 0 Å². The van der Waals surface area contributed by atoms with Crippen molar-refractivity contribution in [3.63, 3.8) is 0 Å². The van der Waals surface area contributed by atoms with Gasteiger partial charge in [0.1, 0.15) is 5.82 Å². The lowest BCUT2D eigenvalue weighted by Gasteiger charge is -2.35. The number of carbonyl (C=O) groups is 2. The lowest BCUT2D eigenvalue weighted by molar-refractivity contribution is -0.151. The number of nitrogens with zero attached hydrogens (tertiary/aromatic N) is 1. The molecule has 14 heavy (non-hydrogen) atoms. The van der Waals surface area contributed by atoms with Crippen LogP contribution in [-0.4, -0.2) is 35.0 Å². The van der Waals surface area contributed by atoms with E-state index in [0.717, 1.165) is 18.7 Å². The topological polar surface area (TPSA) is 69.6 Å². The van der Waals surface area contributed by atoms with Crippen molar-refractivity contribution < 1.29 is 14.7 Å². The van der Waals surface area contributed by atoms with Gasteiger partial charge in [0.05, 0.1) is 0 Å². The van der Waals surface area contributed by atoms with E-state index in [1.54, 1.807) is 0 Å². The van der Waals surface area contributed by atoms with Crippen molar-refractivity contribution in [1.29, 1.82) is 0 Å². The van der Waals surface area contributed by atoms with Gasteiger partial charge in [-0.2, -0.15) is 0 Å². The Balaban J connectivity index is 2.20. The molecule has 0 aromatic heterocycles. The molecule has 0 radical (unpaired) electrons. The van der Waals surface area contributed by atoms with Crippen molar-refractivity contribution in [3.8, 4) is 0 Å². The van der Waals surface area contributed by atoms with Gasteiger partial charge in [-0.1, -0.05) is 0 Å². The average molecular weight is 196 g/mol. The number of carbonyl (C=O) groups excluding carboxylic acids is 1. The Morgan fingerprint density at radius 2 is 2.43 bits per heavy atom. The van der Waals surface area contributed by atoms with Gasteiger partial charge in [0.15, 0.2) is 5.92 Å². The van der Waals surface area contributed by atoms with Crippen molar-refractivity contribution in [3.05, 3.63) is 11.9 Å². The third kappa shape index (κ3) is 1.34. The van der Waals surface area contributed by atoms with Crippen molar-refractivity contribution in [2.45, 2.75) is 12.8 Å². The average Bonchev–Trinajstić information content (AvgIpc) is 2.18. The molecular formula is C9H12N2O3. The molecule has 0 spiro atoms. The van der Waals surface area contributed by atoms with E-state index in [1.807, 2.05) is 6.08 Å². The quantitative estimate of drug-likeness (QED) is 0.567. The van der Waals surface area contributed by atoms with E-state index in [4.69, 9.17) is 5.11 Å². The van der Waals surface area contributed by atoms with E-state index < -0.39 is 11.9 Å². The Kier molecular flexibility index (Phi) is 2.15. The molecule has 0 aromatic carbocycles. The molecule has 1 amide bonds. The highest BCUT2D eigenvalue weighted by Crippen LogP contribution is 2.20. The van der Waals surface area contributed by atoms with Crippen molar-refractivity contribution >= 4 is 11.9 Å². The first-order chi connectivity index (χ1) is 6.70. The van der Waals surface area contributed by atoms with Crippen LogP contribution >= 0.6 is 0 Å². The summed E-state index contributed by atoms with van der Waals surface area (Å²) in [4.78, 5) is 23.9. The summed E-state index contributed by atoms with van der Waals surface area (Å²) < 4.78 is 0. The fourth-order valence-corrected chi connectivity index (χ4v) is 1.79. The van der Waals surface area contributed by atoms with Gasteiger partial charge in [0.25, 0.3) is 0 Å². The molecule has 0 aromatic rings. The summed E-state index contributed by atoms with van der Waals surface area (Å²) in [5, 5.41) is 11.8. The largest absolute Gasteiger partial charge is 0.481 e. The minimum atomic E-state index is -1.05. The van der Waals surface area contributed by atoms with E-state index >= 15 is 0 Å². The number of carboxylic acids is 1. The lowest BCUT2D eigenvalue weighted by Crippen LogP contribution is -2.53. The Bertz CT molecular complexity index is 311. The molecular weight excluding hydrogens is 184 g/mol. The number of aliphatic carboxylic acids is 1. The van der Waals surface area contributed by atoms with E-state index in [0.29, 0.717) is 6.54 Å². The van der Waals surface area contributed by atoms with Crippen molar-refractivity contribution in [2.24, 2.45) is 5.92 Å². The fraction of sp³-hybridized carbons (Fsp3) is 0.556. The van der Waals surface area contributed by atoms with Gasteiger partial charge < -0.3 is 10.4 Å². The van der Waals surface area contributed by atoms with Gasteiger partial charge in [-0.25, -0.2) is 0 Å². The summed E-state index contributed by atoms with van der Waals surface area (Å²) in [5.41, 5.74) is 0. The first kappa shape index (κ1) is 9.05. The Labute approximate surface area is 81.4 Å². The molecule has 0 aliphatic carbocycles. The third-order valence-electron chi connectivity index (χ3n) is 2.56. The Morgan fingerprint density at radius 1 is 1.64 bits per heavy atom. The third-order valence-corrected chi connectivity index (χ3v) is 2.56. The fourth-order valence-electron chi connectivity index (χ4n) is 1.79. The molecule has 5 heteroatoms. The zero-order valence-corrected chi connectivity index (χ0v) is 7.69. The molecule has 1 atom stereocenters. The molecule has 0 bridgehead atoms. The van der Waals surface area contributed by atoms with Crippen LogP contribution in [0.15, 0.2) is 11.9 Å². The number of fused-ring (bicyclic) bond motifs is 1. The van der Waals surface area contributed by atoms with E-state index in [1.165, 1.54) is 4.90 Å². The Morgan fingerprint density at radius 3 is 3.14 bits per heavy atom. The summed E-state index contributed by atoms with van der Waals surface area (Å²) in [6.45, 7) is 0.831. The first-order valence-corrected chi connectivity index (χ1v) is 4.68. The molecule has 2 heterocycles. The molecule has 76 valence electrons. The summed E-state index contributed by atoms with van der Waals surface area (Å²) >= 11 is 0. The number of rotatable bonds is 1. The molecule has 2 rings (SSSR count). The molecule has 5 nitrogen and oxygen atoms in total. The van der Waals surface area contributed by atoms with E-state index in [9.17, 15) is 9.59 Å². The zero-order chi connectivity index (χ0) is 10.1. The highest BCUT2D eigenvalue weighted by atomic mass is 16.4. The van der Waals surface area contributed by atoms with Crippen LogP contribution < -0.4 is 5.32 Å². The minimum absolute atomic E-state index is 0.205. The number of allylic oxidation sites excluding steroid dienone is 1. The van der Waals surface area contributed by atoms with Crippen LogP contribution in [0.2, 0.25) is 0 Å². The van der Waals surface area contributed by atoms with E-state index in [-0.39, 0.29) is 12.5 Å². The Hall–Kier alpha value is -1.52. The predicted molar refractivity (Wildman–Crippen MR) is 48.2 cm³/mol. The predicted octanol–water partition coefficient (Wildman–Crippen LogP) is -0.246. The second kappa shape index (κ2) is 3.32. The first-order valence-electron chi connectivity index (χ1n) is 4.68. The van der Waals surface area contributed by atoms with Crippen LogP contribution in [0, 0.1) is 5.92 Å². The van der Waals surface area contributed by atoms with Crippen LogP contribution in [0.1, 0.15) is 12.8 Å². The monoisotopic (exact) mass is 196 g/mol. The number of amides is 1. The normalized spacial score (nSPS) is 26.3. The van der Waals surface area contributed by atoms with Crippen LogP contribution in [0.4, 0.5) is 0 Å². The number of carboxylic acid groups (broad SMARTS) is 1. The van der Waals surface area contributed by atoms with Gasteiger partial charge in [-0.15, -0.1) is 0 Å². The van der Waals surface area contributed by atoms with Crippen molar-refractivity contribution in [1.82, 2.24) is 10.2 Å². The summed E-state index contributed by atoms with van der Waals surface area (Å²) in [6, 6.07) is 0. The van der Waals surface area contributed by atoms with Crippen molar-refractivity contribution in [2.75, 3.05) is 13.1 Å². The number of hydrogen-bond donors (Lipinski definition) is 2. The summed E-state index contributed by atoms with van der Waals surface area (Å²) in [7, 11) is 0. The highest BCUT2D eigenvalue weighted by Gasteiger charge is 2.36. The van der Waals surface area contributed by atoms with Gasteiger partial charge in [0.2, 0.25) is 5.91 Å². The smallest absolute Gasteiger partial charge is 0.317 e. The van der Waals surface area contributed by atoms with Gasteiger partial charge in [-0.3, -0.25) is 14.5 Å². The van der Waals surface area contributed by atoms with Crippen LogP contribution in [-0.2, 0) is 9.59 Å². The molecule has 1 unspecified atom stereocenters. The number of hydrogen-bond acceptors (Lipinski definition) is 3. The number of nitrogens with one attached hydrogen (secondary N) is 1. The van der Waals surface area contributed by atoms with Gasteiger partial charge >= 0.3 is 5.97 Å². The standard InChI is InChI=1S/C9H12N2O3/c12-8-6(9(13)14)5-10-7-3-1-2-4-11(7)8/h3,6,10H,1-2,4-5H2,(H,13,14). The summed E-state index contributed by atoms with van der Waals surface area (Å²) in [5.74, 6) is -1.49. The highest BCUT2D eigenvalue weighted by molar-refractivity contribution is 5.98. The second-order valence-corrected chi connectivity index (χ2v) is 3.49. The minimum Gasteiger partial charge on any atom is -0.481 e. The van der Waals surface area contributed by atoms with Crippen LogP contribution in [0.25, 0.3) is 0 Å². The molecule has 2 aliphatic rings. The molecule has 1 saturated heterocycles. The zero-order valence-electron chi connectivity index (χ0n) is 7.69. The maximum absolute atomic E-state index is 11.7. The SMILES string of the molecule is O=C(O)C1CNC2=CCCCN2C1=O. The maximum atomic E-state index is 11.7. The summed E-state index contributed by atoms with van der Waals surface area (Å²) in [6.07, 6.45) is 3.80. The molecule has 0 saturated carbocycles. The lowest BCUT2D eigenvalue weighted by atomic mass is 10.0. The van der Waals surface area contributed by atoms with Gasteiger partial charge in [0, 0.05) is 13.1 Å². The van der Waals surface area contributed by atoms with E-state index in [2.05, 4.69) is 5.32 Å². The van der Waals surface area contributed by atoms with Gasteiger partial charge in [-0.05, 0) is 18.9 Å². The molecule has 2 N–H and O–H groups in total. The second-order valence-electron chi connectivity index (χ2n) is 3.49. The van der Waals surface area contributed by atoms with Crippen LogP contribution in [0.3, 0.4) is 0 Å².